The Hall–Kier alpha value is -10.6. The molecule has 10 aromatic carbocycles. The summed E-state index contributed by atoms with van der Waals surface area (Å²) in [6, 6.07) is 84.3. The van der Waals surface area contributed by atoms with Crippen LogP contribution in [0.2, 0.25) is 0 Å². The SMILES string of the molecule is Cc1ccccc1N(c1cc2c3c(n1)N(c1ccc4c(c1)C(C)(C)CCC4(C)C)c1ccccc1B3c1cc3c(cc1O2)N(c1ccccc1)c1cc(N(c2ccccc2C)c2c(C)cccc2C)nc2c1B3c1ccccc1N2c1ccc2c(c1)C(C)(C)CCC2(C)C)c1c(C)cccc1C. The fraction of sp³-hybridized carbons (Fsp3) is 0.239. The van der Waals surface area contributed by atoms with E-state index in [1.54, 1.807) is 0 Å². The molecule has 6 aliphatic rings. The normalized spacial score (nSPS) is 16.3. The van der Waals surface area contributed by atoms with Crippen LogP contribution in [0.5, 0.6) is 11.5 Å². The lowest BCUT2D eigenvalue weighted by Gasteiger charge is -2.46. The van der Waals surface area contributed by atoms with Crippen molar-refractivity contribution in [3.63, 3.8) is 0 Å². The number of pyridine rings is 2. The van der Waals surface area contributed by atoms with Crippen molar-refractivity contribution in [1.82, 2.24) is 9.97 Å². The summed E-state index contributed by atoms with van der Waals surface area (Å²) in [5.41, 5.74) is 31.4. The van der Waals surface area contributed by atoms with Crippen LogP contribution >= 0.6 is 0 Å². The van der Waals surface area contributed by atoms with Crippen molar-refractivity contribution >= 4 is 132 Å². The molecular weight excluding hydrogens is 1240 g/mol. The van der Waals surface area contributed by atoms with Gasteiger partial charge in [-0.05, 0) is 232 Å². The zero-order chi connectivity index (χ0) is 70.2. The number of benzene rings is 10. The lowest BCUT2D eigenvalue weighted by molar-refractivity contribution is 0.332. The molecule has 0 atom stereocenters. The lowest BCUT2D eigenvalue weighted by Crippen LogP contribution is -2.64. The van der Waals surface area contributed by atoms with Gasteiger partial charge in [0.2, 0.25) is 0 Å². The monoisotopic (exact) mass is 1330 g/mol. The number of para-hydroxylation sites is 7. The first-order valence-electron chi connectivity index (χ1n) is 36.8. The minimum Gasteiger partial charge on any atom is -0.458 e. The number of aryl methyl sites for hydroxylation is 6. The van der Waals surface area contributed by atoms with Crippen molar-refractivity contribution in [1.29, 1.82) is 0 Å². The molecular formula is C92H87B2N7O. The first-order valence-corrected chi connectivity index (χ1v) is 36.8. The van der Waals surface area contributed by atoms with E-state index < -0.39 is 0 Å². The predicted molar refractivity (Wildman–Crippen MR) is 430 cm³/mol. The van der Waals surface area contributed by atoms with Gasteiger partial charge >= 0.3 is 0 Å². The Morgan fingerprint density at radius 3 is 1.25 bits per heavy atom. The maximum absolute atomic E-state index is 7.96. The zero-order valence-electron chi connectivity index (χ0n) is 61.4. The molecule has 2 aromatic heterocycles. The van der Waals surface area contributed by atoms with E-state index in [1.165, 1.54) is 49.8 Å². The second-order valence-corrected chi connectivity index (χ2v) is 32.5. The molecule has 0 amide bonds. The topological polar surface area (TPSA) is 51.2 Å². The van der Waals surface area contributed by atoms with E-state index in [4.69, 9.17) is 14.7 Å². The second-order valence-electron chi connectivity index (χ2n) is 32.5. The van der Waals surface area contributed by atoms with Gasteiger partial charge in [0, 0.05) is 63.5 Å². The summed E-state index contributed by atoms with van der Waals surface area (Å²) in [5.74, 6) is 4.97. The number of aromatic nitrogens is 2. The van der Waals surface area contributed by atoms with Crippen LogP contribution in [0.4, 0.5) is 85.8 Å². The van der Waals surface area contributed by atoms with E-state index in [-0.39, 0.29) is 35.1 Å². The number of anilines is 15. The van der Waals surface area contributed by atoms with Crippen LogP contribution in [0.15, 0.2) is 224 Å². The van der Waals surface area contributed by atoms with Crippen LogP contribution in [-0.4, -0.2) is 23.4 Å². The third-order valence-electron chi connectivity index (χ3n) is 24.2. The predicted octanol–water partition coefficient (Wildman–Crippen LogP) is 20.5. The van der Waals surface area contributed by atoms with Crippen molar-refractivity contribution in [3.05, 3.63) is 280 Å². The smallest absolute Gasteiger partial charge is 0.258 e. The zero-order valence-corrected chi connectivity index (χ0v) is 61.4. The molecule has 0 saturated carbocycles. The van der Waals surface area contributed by atoms with Crippen LogP contribution < -0.4 is 62.0 Å². The summed E-state index contributed by atoms with van der Waals surface area (Å²) in [6.07, 6.45) is 4.48. The van der Waals surface area contributed by atoms with E-state index in [2.05, 4.69) is 346 Å². The van der Waals surface area contributed by atoms with Gasteiger partial charge in [-0.25, -0.2) is 9.97 Å². The molecule has 0 fully saturated rings. The molecule has 12 aromatic rings. The van der Waals surface area contributed by atoms with E-state index in [9.17, 15) is 0 Å². The van der Waals surface area contributed by atoms with E-state index in [0.29, 0.717) is 0 Å². The average Bonchev–Trinajstić information content (AvgIpc) is 0.687. The van der Waals surface area contributed by atoms with Crippen LogP contribution in [0, 0.1) is 41.5 Å². The summed E-state index contributed by atoms with van der Waals surface area (Å²) in [7, 11) is 0. The molecule has 10 heteroatoms. The molecule has 8 nitrogen and oxygen atoms in total. The van der Waals surface area contributed by atoms with Crippen LogP contribution in [0.1, 0.15) is 137 Å². The van der Waals surface area contributed by atoms with Gasteiger partial charge in [0.25, 0.3) is 13.4 Å². The highest BCUT2D eigenvalue weighted by Gasteiger charge is 2.50. The number of rotatable bonds is 9. The summed E-state index contributed by atoms with van der Waals surface area (Å²) in [6.45, 7) is 32.3. The third kappa shape index (κ3) is 9.63. The summed E-state index contributed by atoms with van der Waals surface area (Å²) < 4.78 is 7.96. The lowest BCUT2D eigenvalue weighted by atomic mass is 9.31. The first kappa shape index (κ1) is 63.6. The summed E-state index contributed by atoms with van der Waals surface area (Å²) in [4.78, 5) is 24.7. The number of hydrogen-bond acceptors (Lipinski definition) is 8. The average molecular weight is 1330 g/mol. The van der Waals surface area contributed by atoms with Gasteiger partial charge in [0.15, 0.2) is 0 Å². The molecule has 0 radical (unpaired) electrons. The maximum Gasteiger partial charge on any atom is 0.258 e. The quantitative estimate of drug-likeness (QED) is 0.133. The molecule has 0 spiro atoms. The van der Waals surface area contributed by atoms with E-state index in [0.717, 1.165) is 162 Å². The van der Waals surface area contributed by atoms with Gasteiger partial charge in [-0.1, -0.05) is 201 Å². The molecule has 102 heavy (non-hydrogen) atoms. The van der Waals surface area contributed by atoms with Gasteiger partial charge in [-0.15, -0.1) is 0 Å². The van der Waals surface area contributed by atoms with Crippen molar-refractivity contribution < 1.29 is 4.74 Å². The Balaban J connectivity index is 0.930. The molecule has 0 unspecified atom stereocenters. The first-order chi connectivity index (χ1) is 49.1. The molecule has 2 aliphatic carbocycles. The molecule has 6 heterocycles. The fourth-order valence-electron chi connectivity index (χ4n) is 18.5. The highest BCUT2D eigenvalue weighted by molar-refractivity contribution is 7.02. The highest BCUT2D eigenvalue weighted by Crippen LogP contribution is 2.55. The van der Waals surface area contributed by atoms with E-state index in [1.807, 2.05) is 0 Å². The van der Waals surface area contributed by atoms with Gasteiger partial charge in [0.1, 0.15) is 34.8 Å². The van der Waals surface area contributed by atoms with Gasteiger partial charge in [0.05, 0.1) is 22.7 Å². The number of fused-ring (bicyclic) bond motifs is 10. The standard InChI is InChI=1S/C92H87B2N7O/c1-56-28-18-22-38-73(56)100(85-58(3)30-26-31-59(85)4)81-54-78-83-87(95-81)98(63-42-44-65-67(50-63)91(11,12)48-46-89(65,7)8)75-40-24-20-36-69(75)93(83)71-52-72-79(53-77(71)97(78)62-34-16-15-17-35-62)102-80-55-82(101(74-39-23-19-29-57(74)2)86-60(5)32-27-33-61(86)6)96-88-84(80)94(72)70-37-21-25-41-76(70)99(88)64-43-45-66-68(51-64)92(13,14)49-47-90(66,9)10/h15-45,50-55H,46-49H2,1-14H3. The Morgan fingerprint density at radius 1 is 0.324 bits per heavy atom. The maximum atomic E-state index is 7.96. The molecule has 18 rings (SSSR count). The van der Waals surface area contributed by atoms with Crippen molar-refractivity contribution in [3.8, 4) is 11.5 Å². The molecule has 502 valence electrons. The van der Waals surface area contributed by atoms with Gasteiger partial charge < -0.3 is 9.64 Å². The van der Waals surface area contributed by atoms with Crippen LogP contribution in [0.25, 0.3) is 0 Å². The van der Waals surface area contributed by atoms with Crippen molar-refractivity contribution in [2.45, 2.75) is 144 Å². The Labute approximate surface area is 603 Å². The summed E-state index contributed by atoms with van der Waals surface area (Å²) in [5, 5.41) is 0. The number of hydrogen-bond donors (Lipinski definition) is 0. The molecule has 4 aliphatic heterocycles. The Bertz CT molecular complexity index is 5460. The highest BCUT2D eigenvalue weighted by atomic mass is 16.5. The fourth-order valence-corrected chi connectivity index (χ4v) is 18.5. The minimum absolute atomic E-state index is 0.0301. The van der Waals surface area contributed by atoms with Gasteiger partial charge in [-0.2, -0.15) is 0 Å². The van der Waals surface area contributed by atoms with Crippen molar-refractivity contribution in [2.75, 3.05) is 24.5 Å². The van der Waals surface area contributed by atoms with E-state index >= 15 is 0 Å². The molecule has 0 N–H and O–H groups in total. The Kier molecular flexibility index (Phi) is 14.3. The largest absolute Gasteiger partial charge is 0.458 e. The van der Waals surface area contributed by atoms with Crippen LogP contribution in [-0.2, 0) is 21.7 Å². The molecule has 0 bridgehead atoms. The molecule has 0 saturated heterocycles. The Morgan fingerprint density at radius 2 is 0.745 bits per heavy atom. The summed E-state index contributed by atoms with van der Waals surface area (Å²) >= 11 is 0. The van der Waals surface area contributed by atoms with Crippen molar-refractivity contribution in [2.24, 2.45) is 0 Å². The van der Waals surface area contributed by atoms with Gasteiger partial charge in [-0.3, -0.25) is 19.6 Å². The number of ether oxygens (including phenoxy) is 1. The number of nitrogens with zero attached hydrogens (tertiary/aromatic N) is 7. The second kappa shape index (κ2) is 23.0. The third-order valence-corrected chi connectivity index (χ3v) is 24.2. The minimum atomic E-state index is -0.275. The van der Waals surface area contributed by atoms with Crippen LogP contribution in [0.3, 0.4) is 0 Å².